The fraction of sp³-hybridized carbons (Fsp3) is 0.250. The molecule has 2 N–H and O–H groups in total. The van der Waals surface area contributed by atoms with Gasteiger partial charge in [0.05, 0.1) is 22.3 Å². The molecule has 4 rings (SSSR count). The molecule has 0 unspecified atom stereocenters. The molecule has 0 spiro atoms. The van der Waals surface area contributed by atoms with Crippen LogP contribution in [0.5, 0.6) is 0 Å². The Kier molecular flexibility index (Phi) is 3.53. The molecule has 0 saturated heterocycles. The van der Waals surface area contributed by atoms with Crippen LogP contribution < -0.4 is 0 Å². The third-order valence-corrected chi connectivity index (χ3v) is 4.91. The lowest BCUT2D eigenvalue weighted by molar-refractivity contribution is 0.330. The second kappa shape index (κ2) is 5.72. The van der Waals surface area contributed by atoms with Crippen LogP contribution in [0.3, 0.4) is 0 Å². The van der Waals surface area contributed by atoms with Crippen LogP contribution in [-0.2, 0) is 6.42 Å². The molecule has 0 bridgehead atoms. The number of benzene rings is 1. The van der Waals surface area contributed by atoms with Crippen molar-refractivity contribution in [1.29, 1.82) is 5.41 Å². The van der Waals surface area contributed by atoms with Gasteiger partial charge in [0, 0.05) is 13.0 Å². The molecule has 122 valence electrons. The van der Waals surface area contributed by atoms with Crippen molar-refractivity contribution in [3.05, 3.63) is 46.7 Å². The minimum Gasteiger partial charge on any atom is -0.510 e. The number of para-hydroxylation sites is 1. The number of nitrogens with one attached hydrogen (secondary N) is 1. The maximum atomic E-state index is 10.3. The fourth-order valence-corrected chi connectivity index (χ4v) is 3.73. The lowest BCUT2D eigenvalue weighted by atomic mass is 10.2. The number of thiazole rings is 1. The van der Waals surface area contributed by atoms with Crippen molar-refractivity contribution in [3.8, 4) is 0 Å². The van der Waals surface area contributed by atoms with E-state index in [0.717, 1.165) is 10.2 Å². The Labute approximate surface area is 141 Å². The van der Waals surface area contributed by atoms with Crippen LogP contribution in [-0.4, -0.2) is 44.1 Å². The predicted molar refractivity (Wildman–Crippen MR) is 91.2 cm³/mol. The van der Waals surface area contributed by atoms with Gasteiger partial charge in [0.2, 0.25) is 5.89 Å². The molecule has 1 aliphatic rings. The summed E-state index contributed by atoms with van der Waals surface area (Å²) in [5, 5.41) is 23.1. The summed E-state index contributed by atoms with van der Waals surface area (Å²) in [5.74, 6) is 1.59. The van der Waals surface area contributed by atoms with E-state index in [0.29, 0.717) is 41.8 Å². The summed E-state index contributed by atoms with van der Waals surface area (Å²) in [4.78, 5) is 10.5. The molecule has 0 atom stereocenters. The molecule has 3 heterocycles. The maximum absolute atomic E-state index is 10.3. The Bertz CT molecular complexity index is 925. The Balaban J connectivity index is 1.54. The van der Waals surface area contributed by atoms with Gasteiger partial charge in [-0.1, -0.05) is 17.3 Å². The number of aliphatic hydroxyl groups is 1. The number of fused-ring (bicyclic) bond motifs is 1. The van der Waals surface area contributed by atoms with Crippen LogP contribution in [0.15, 0.2) is 34.5 Å². The minimum absolute atomic E-state index is 0.181. The highest BCUT2D eigenvalue weighted by Crippen LogP contribution is 2.32. The van der Waals surface area contributed by atoms with E-state index in [-0.39, 0.29) is 11.6 Å². The van der Waals surface area contributed by atoms with E-state index in [9.17, 15) is 5.11 Å². The zero-order chi connectivity index (χ0) is 16.7. The SMILES string of the molecule is Cc1noc(CCN2CC(O)=C(c3nc4ccccc4s3)C2=N)n1. The largest absolute Gasteiger partial charge is 0.510 e. The first-order chi connectivity index (χ1) is 11.6. The fourth-order valence-electron chi connectivity index (χ4n) is 2.70. The molecule has 0 fully saturated rings. The first-order valence-corrected chi connectivity index (χ1v) is 8.34. The molecule has 1 aliphatic heterocycles. The smallest absolute Gasteiger partial charge is 0.228 e. The molecule has 24 heavy (non-hydrogen) atoms. The first kappa shape index (κ1) is 14.8. The highest BCUT2D eigenvalue weighted by Gasteiger charge is 2.30. The van der Waals surface area contributed by atoms with Crippen molar-refractivity contribution in [1.82, 2.24) is 20.0 Å². The zero-order valence-electron chi connectivity index (χ0n) is 13.0. The van der Waals surface area contributed by atoms with Crippen LogP contribution >= 0.6 is 11.3 Å². The lowest BCUT2D eigenvalue weighted by Gasteiger charge is -2.16. The Morgan fingerprint density at radius 1 is 1.33 bits per heavy atom. The Morgan fingerprint density at radius 2 is 2.17 bits per heavy atom. The summed E-state index contributed by atoms with van der Waals surface area (Å²) in [6.07, 6.45) is 0.531. The van der Waals surface area contributed by atoms with Crippen molar-refractivity contribution >= 4 is 33.0 Å². The lowest BCUT2D eigenvalue weighted by Crippen LogP contribution is -2.28. The van der Waals surface area contributed by atoms with Crippen LogP contribution in [0.25, 0.3) is 15.8 Å². The van der Waals surface area contributed by atoms with Gasteiger partial charge in [0.15, 0.2) is 5.82 Å². The van der Waals surface area contributed by atoms with E-state index in [1.54, 1.807) is 11.8 Å². The highest BCUT2D eigenvalue weighted by atomic mass is 32.1. The zero-order valence-corrected chi connectivity index (χ0v) is 13.8. The van der Waals surface area contributed by atoms with E-state index in [1.807, 2.05) is 24.3 Å². The summed E-state index contributed by atoms with van der Waals surface area (Å²) in [6, 6.07) is 7.81. The van der Waals surface area contributed by atoms with Crippen molar-refractivity contribution in [2.75, 3.05) is 13.1 Å². The number of aromatic nitrogens is 3. The number of hydrogen-bond donors (Lipinski definition) is 2. The van der Waals surface area contributed by atoms with E-state index in [2.05, 4.69) is 15.1 Å². The highest BCUT2D eigenvalue weighted by molar-refractivity contribution is 7.19. The number of hydrogen-bond acceptors (Lipinski definition) is 7. The van der Waals surface area contributed by atoms with Gasteiger partial charge in [-0.15, -0.1) is 11.3 Å². The third-order valence-electron chi connectivity index (χ3n) is 3.86. The summed E-state index contributed by atoms with van der Waals surface area (Å²) in [7, 11) is 0. The van der Waals surface area contributed by atoms with Gasteiger partial charge in [-0.05, 0) is 19.1 Å². The minimum atomic E-state index is 0.181. The topological polar surface area (TPSA) is 99.1 Å². The van der Waals surface area contributed by atoms with Crippen LogP contribution in [0.4, 0.5) is 0 Å². The van der Waals surface area contributed by atoms with Crippen molar-refractivity contribution in [3.63, 3.8) is 0 Å². The molecule has 0 saturated carbocycles. The molecule has 8 heteroatoms. The molecule has 2 aromatic heterocycles. The average molecular weight is 341 g/mol. The van der Waals surface area contributed by atoms with E-state index in [4.69, 9.17) is 9.93 Å². The van der Waals surface area contributed by atoms with Crippen LogP contribution in [0.1, 0.15) is 16.7 Å². The third kappa shape index (κ3) is 2.54. The molecular formula is C16H15N5O2S. The van der Waals surface area contributed by atoms with Crippen LogP contribution in [0.2, 0.25) is 0 Å². The van der Waals surface area contributed by atoms with Gasteiger partial charge in [-0.25, -0.2) is 4.98 Å². The van der Waals surface area contributed by atoms with Crippen molar-refractivity contribution in [2.45, 2.75) is 13.3 Å². The number of amidine groups is 1. The van der Waals surface area contributed by atoms with Gasteiger partial charge < -0.3 is 14.5 Å². The summed E-state index contributed by atoms with van der Waals surface area (Å²) < 4.78 is 6.13. The first-order valence-electron chi connectivity index (χ1n) is 7.53. The van der Waals surface area contributed by atoms with Gasteiger partial charge >= 0.3 is 0 Å². The van der Waals surface area contributed by atoms with Gasteiger partial charge in [-0.3, -0.25) is 5.41 Å². The van der Waals surface area contributed by atoms with E-state index >= 15 is 0 Å². The second-order valence-electron chi connectivity index (χ2n) is 5.56. The number of rotatable bonds is 4. The standard InChI is InChI=1S/C16H15N5O2S/c1-9-18-13(23-20-9)6-7-21-8-11(22)14(15(21)17)16-19-10-4-2-3-5-12(10)24-16/h2-5,17,22H,6-8H2,1H3. The quantitative estimate of drug-likeness (QED) is 0.757. The predicted octanol–water partition coefficient (Wildman–Crippen LogP) is 2.79. The van der Waals surface area contributed by atoms with Crippen molar-refractivity contribution < 1.29 is 9.63 Å². The van der Waals surface area contributed by atoms with Crippen LogP contribution in [0, 0.1) is 12.3 Å². The number of nitrogens with zero attached hydrogens (tertiary/aromatic N) is 4. The Morgan fingerprint density at radius 3 is 2.92 bits per heavy atom. The summed E-state index contributed by atoms with van der Waals surface area (Å²) in [6.45, 7) is 2.60. The molecule has 1 aromatic carbocycles. The van der Waals surface area contributed by atoms with Crippen molar-refractivity contribution in [2.24, 2.45) is 0 Å². The molecule has 0 amide bonds. The monoisotopic (exact) mass is 341 g/mol. The normalized spacial score (nSPS) is 15.0. The van der Waals surface area contributed by atoms with Gasteiger partial charge in [-0.2, -0.15) is 4.98 Å². The summed E-state index contributed by atoms with van der Waals surface area (Å²) >= 11 is 1.48. The molecule has 0 aliphatic carbocycles. The number of aliphatic hydroxyl groups excluding tert-OH is 1. The molecule has 3 aromatic rings. The van der Waals surface area contributed by atoms with E-state index in [1.165, 1.54) is 11.3 Å². The molecule has 0 radical (unpaired) electrons. The Hall–Kier alpha value is -2.74. The van der Waals surface area contributed by atoms with E-state index < -0.39 is 0 Å². The van der Waals surface area contributed by atoms with Gasteiger partial charge in [0.25, 0.3) is 0 Å². The second-order valence-corrected chi connectivity index (χ2v) is 6.59. The molecule has 7 nitrogen and oxygen atoms in total. The molecular weight excluding hydrogens is 326 g/mol. The average Bonchev–Trinajstić information content (AvgIpc) is 3.23. The number of aryl methyl sites for hydroxylation is 1. The summed E-state index contributed by atoms with van der Waals surface area (Å²) in [5.41, 5.74) is 1.39. The maximum Gasteiger partial charge on any atom is 0.228 e. The van der Waals surface area contributed by atoms with Gasteiger partial charge in [0.1, 0.15) is 16.6 Å².